The molecule has 30 heavy (non-hydrogen) atoms. The van der Waals surface area contributed by atoms with Crippen LogP contribution in [0, 0.1) is 19.3 Å². The third-order valence-electron chi connectivity index (χ3n) is 4.85. The molecule has 2 atom stereocenters. The second-order valence-corrected chi connectivity index (χ2v) is 7.70. The lowest BCUT2D eigenvalue weighted by Crippen LogP contribution is -2.50. The second kappa shape index (κ2) is 10.5. The summed E-state index contributed by atoms with van der Waals surface area (Å²) in [6.45, 7) is 6.03. The summed E-state index contributed by atoms with van der Waals surface area (Å²) in [7, 11) is 0. The normalized spacial score (nSPS) is 12.7. The first-order chi connectivity index (χ1) is 14.2. The van der Waals surface area contributed by atoms with E-state index < -0.39 is 12.1 Å². The van der Waals surface area contributed by atoms with Gasteiger partial charge in [0.1, 0.15) is 11.9 Å². The highest BCUT2D eigenvalue weighted by Gasteiger charge is 2.20. The van der Waals surface area contributed by atoms with Gasteiger partial charge in [-0.25, -0.2) is 0 Å². The minimum Gasteiger partial charge on any atom is -0.384 e. The van der Waals surface area contributed by atoms with Crippen LogP contribution < -0.4 is 22.1 Å². The molecule has 0 spiro atoms. The van der Waals surface area contributed by atoms with Crippen LogP contribution in [0.25, 0.3) is 0 Å². The monoisotopic (exact) mass is 409 g/mol. The highest BCUT2D eigenvalue weighted by atomic mass is 16.2. The Hall–Kier alpha value is -3.19. The number of aryl methyl sites for hydroxylation is 3. The van der Waals surface area contributed by atoms with E-state index in [0.29, 0.717) is 24.9 Å². The molecule has 0 aliphatic heterocycles. The maximum Gasteiger partial charge on any atom is 0.242 e. The van der Waals surface area contributed by atoms with Gasteiger partial charge in [0.15, 0.2) is 0 Å². The predicted molar refractivity (Wildman–Crippen MR) is 119 cm³/mol. The van der Waals surface area contributed by atoms with E-state index in [0.717, 1.165) is 11.1 Å². The predicted octanol–water partition coefficient (Wildman–Crippen LogP) is 1.67. The van der Waals surface area contributed by atoms with Gasteiger partial charge in [-0.15, -0.1) is 0 Å². The molecule has 0 fully saturated rings. The molecule has 7 heteroatoms. The Bertz CT molecular complexity index is 888. The first kappa shape index (κ1) is 23.1. The summed E-state index contributed by atoms with van der Waals surface area (Å²) < 4.78 is 0. The molecular formula is C23H31N5O2. The molecule has 0 saturated heterocycles. The Labute approximate surface area is 177 Å². The van der Waals surface area contributed by atoms with E-state index in [1.807, 2.05) is 13.8 Å². The molecule has 0 unspecified atom stereocenters. The zero-order valence-electron chi connectivity index (χ0n) is 17.8. The van der Waals surface area contributed by atoms with Gasteiger partial charge in [0, 0.05) is 12.1 Å². The summed E-state index contributed by atoms with van der Waals surface area (Å²) in [5.41, 5.74) is 16.5. The van der Waals surface area contributed by atoms with Crippen LogP contribution in [0.2, 0.25) is 0 Å². The number of benzene rings is 2. The van der Waals surface area contributed by atoms with Crippen molar-refractivity contribution in [3.05, 3.63) is 70.3 Å². The van der Waals surface area contributed by atoms with Gasteiger partial charge < -0.3 is 22.1 Å². The van der Waals surface area contributed by atoms with Crippen LogP contribution in [0.3, 0.4) is 0 Å². The van der Waals surface area contributed by atoms with Crippen LogP contribution >= 0.6 is 0 Å². The molecule has 2 rings (SSSR count). The molecular weight excluding hydrogens is 378 g/mol. The maximum absolute atomic E-state index is 12.3. The fourth-order valence-corrected chi connectivity index (χ4v) is 3.20. The summed E-state index contributed by atoms with van der Waals surface area (Å²) in [4.78, 5) is 24.6. The number of rotatable bonds is 9. The number of hydrogen-bond acceptors (Lipinski definition) is 4. The topological polar surface area (TPSA) is 134 Å². The summed E-state index contributed by atoms with van der Waals surface area (Å²) in [6.07, 6.45) is 1.21. The quantitative estimate of drug-likeness (QED) is 0.318. The molecule has 0 heterocycles. The number of amides is 2. The van der Waals surface area contributed by atoms with Gasteiger partial charge in [-0.05, 0) is 44.7 Å². The molecule has 0 saturated carbocycles. The van der Waals surface area contributed by atoms with Gasteiger partial charge in [-0.2, -0.15) is 0 Å². The lowest BCUT2D eigenvalue weighted by atomic mass is 10.0. The van der Waals surface area contributed by atoms with Gasteiger partial charge in [-0.3, -0.25) is 15.0 Å². The van der Waals surface area contributed by atoms with Crippen molar-refractivity contribution in [2.45, 2.75) is 52.2 Å². The molecule has 2 aromatic rings. The Balaban J connectivity index is 1.78. The van der Waals surface area contributed by atoms with Gasteiger partial charge in [0.25, 0.3) is 0 Å². The minimum absolute atomic E-state index is 0.00390. The van der Waals surface area contributed by atoms with Crippen molar-refractivity contribution < 1.29 is 9.59 Å². The minimum atomic E-state index is -0.693. The summed E-state index contributed by atoms with van der Waals surface area (Å²) in [6, 6.07) is 12.0. The van der Waals surface area contributed by atoms with Gasteiger partial charge >= 0.3 is 0 Å². The Kier molecular flexibility index (Phi) is 8.12. The Morgan fingerprint density at radius 3 is 2.17 bits per heavy atom. The van der Waals surface area contributed by atoms with Gasteiger partial charge in [0.2, 0.25) is 11.8 Å². The van der Waals surface area contributed by atoms with Crippen molar-refractivity contribution in [3.8, 4) is 0 Å². The molecule has 7 nitrogen and oxygen atoms in total. The van der Waals surface area contributed by atoms with Crippen LogP contribution in [0.15, 0.2) is 42.5 Å². The third kappa shape index (κ3) is 7.00. The number of hydrogen-bond donors (Lipinski definition) is 5. The number of amidine groups is 1. The first-order valence-corrected chi connectivity index (χ1v) is 10.00. The summed E-state index contributed by atoms with van der Waals surface area (Å²) in [5, 5.41) is 12.8. The highest BCUT2D eigenvalue weighted by Crippen LogP contribution is 2.11. The fraction of sp³-hybridized carbons (Fsp3) is 0.348. The van der Waals surface area contributed by atoms with E-state index in [1.165, 1.54) is 11.1 Å². The standard InChI is InChI=1S/C23H31N5O2/c1-14-10-15(2)12-18(11-14)6-9-20(24)23(30)28-16(3)22(29)27-13-17-4-7-19(8-5-17)21(25)26/h4-5,7-8,10-12,16,20H,6,9,13,24H2,1-3H3,(H3,25,26)(H,27,29)(H,28,30)/t16-,20+/m0/s1. The molecule has 2 amide bonds. The molecule has 0 bridgehead atoms. The first-order valence-electron chi connectivity index (χ1n) is 10.00. The number of carbonyl (C=O) groups is 2. The number of carbonyl (C=O) groups excluding carboxylic acids is 2. The van der Waals surface area contributed by atoms with Crippen LogP contribution in [0.5, 0.6) is 0 Å². The molecule has 0 aromatic heterocycles. The van der Waals surface area contributed by atoms with Gasteiger partial charge in [0.05, 0.1) is 6.04 Å². The van der Waals surface area contributed by atoms with E-state index >= 15 is 0 Å². The van der Waals surface area contributed by atoms with Crippen LogP contribution in [0.1, 0.15) is 41.2 Å². The summed E-state index contributed by atoms with van der Waals surface area (Å²) in [5.74, 6) is -0.635. The highest BCUT2D eigenvalue weighted by molar-refractivity contribution is 5.94. The van der Waals surface area contributed by atoms with Crippen molar-refractivity contribution in [2.75, 3.05) is 0 Å². The van der Waals surface area contributed by atoms with Crippen LogP contribution in [-0.2, 0) is 22.6 Å². The average molecular weight is 410 g/mol. The van der Waals surface area contributed by atoms with Crippen molar-refractivity contribution in [2.24, 2.45) is 11.5 Å². The maximum atomic E-state index is 12.3. The van der Waals surface area contributed by atoms with Crippen LogP contribution in [-0.4, -0.2) is 29.7 Å². The molecule has 7 N–H and O–H groups in total. The molecule has 160 valence electrons. The van der Waals surface area contributed by atoms with E-state index in [4.69, 9.17) is 16.9 Å². The third-order valence-corrected chi connectivity index (χ3v) is 4.85. The van der Waals surface area contributed by atoms with E-state index in [9.17, 15) is 9.59 Å². The van der Waals surface area contributed by atoms with Gasteiger partial charge in [-0.1, -0.05) is 53.6 Å². The molecule has 2 aromatic carbocycles. The zero-order valence-corrected chi connectivity index (χ0v) is 17.8. The Morgan fingerprint density at radius 1 is 1.00 bits per heavy atom. The zero-order chi connectivity index (χ0) is 22.3. The lowest BCUT2D eigenvalue weighted by molar-refractivity contribution is -0.129. The Morgan fingerprint density at radius 2 is 1.60 bits per heavy atom. The molecule has 0 aliphatic rings. The van der Waals surface area contributed by atoms with E-state index in [-0.39, 0.29) is 17.6 Å². The number of nitrogens with one attached hydrogen (secondary N) is 3. The van der Waals surface area contributed by atoms with E-state index in [1.54, 1.807) is 31.2 Å². The average Bonchev–Trinajstić information content (AvgIpc) is 2.69. The smallest absolute Gasteiger partial charge is 0.242 e. The van der Waals surface area contributed by atoms with Crippen molar-refractivity contribution in [3.63, 3.8) is 0 Å². The van der Waals surface area contributed by atoms with Crippen molar-refractivity contribution in [1.82, 2.24) is 10.6 Å². The van der Waals surface area contributed by atoms with Crippen molar-refractivity contribution in [1.29, 1.82) is 5.41 Å². The lowest BCUT2D eigenvalue weighted by Gasteiger charge is -2.18. The van der Waals surface area contributed by atoms with E-state index in [2.05, 4.69) is 28.8 Å². The molecule has 0 radical (unpaired) electrons. The molecule has 0 aliphatic carbocycles. The summed E-state index contributed by atoms with van der Waals surface area (Å²) >= 11 is 0. The number of nitrogens with two attached hydrogens (primary N) is 2. The SMILES string of the molecule is Cc1cc(C)cc(CC[C@@H](N)C(=O)N[C@@H](C)C(=O)NCc2ccc(C(=N)N)cc2)c1. The van der Waals surface area contributed by atoms with Crippen LogP contribution in [0.4, 0.5) is 0 Å². The fourth-order valence-electron chi connectivity index (χ4n) is 3.20. The largest absolute Gasteiger partial charge is 0.384 e. The number of nitrogen functional groups attached to an aromatic ring is 1. The van der Waals surface area contributed by atoms with Crippen molar-refractivity contribution >= 4 is 17.6 Å². The second-order valence-electron chi connectivity index (χ2n) is 7.70.